The lowest BCUT2D eigenvalue weighted by atomic mass is 10.3. The summed E-state index contributed by atoms with van der Waals surface area (Å²) in [6.07, 6.45) is 6.56. The summed E-state index contributed by atoms with van der Waals surface area (Å²) in [5, 5.41) is 16.4. The van der Waals surface area contributed by atoms with Crippen LogP contribution in [0.25, 0.3) is 0 Å². The molecule has 2 rings (SSSR count). The van der Waals surface area contributed by atoms with Crippen molar-refractivity contribution in [2.24, 2.45) is 0 Å². The Hall–Kier alpha value is -2.01. The van der Waals surface area contributed by atoms with E-state index in [1.807, 2.05) is 0 Å². The van der Waals surface area contributed by atoms with Crippen molar-refractivity contribution in [1.29, 1.82) is 10.8 Å². The fraction of sp³-hybridized carbons (Fsp3) is 0. The van der Waals surface area contributed by atoms with Gasteiger partial charge in [-0.2, -0.15) is 0 Å². The Bertz CT molecular complexity index is 475. The molecule has 2 heterocycles. The zero-order chi connectivity index (χ0) is 12.1. The molecule has 2 aromatic heterocycles. The third-order valence-corrected chi connectivity index (χ3v) is 2.93. The van der Waals surface area contributed by atoms with Crippen LogP contribution in [0.5, 0.6) is 0 Å². The van der Waals surface area contributed by atoms with Gasteiger partial charge in [-0.15, -0.1) is 0 Å². The minimum Gasteiger partial charge on any atom is -0.293 e. The van der Waals surface area contributed by atoms with Crippen LogP contribution in [0.2, 0.25) is 0 Å². The zero-order valence-electron chi connectivity index (χ0n) is 8.92. The van der Waals surface area contributed by atoms with Gasteiger partial charge in [-0.1, -0.05) is 11.8 Å². The van der Waals surface area contributed by atoms with Gasteiger partial charge in [-0.05, 0) is 24.3 Å². The molecule has 0 saturated carbocycles. The number of pyridine rings is 2. The maximum absolute atomic E-state index is 7.87. The van der Waals surface area contributed by atoms with Crippen molar-refractivity contribution in [2.45, 2.75) is 0 Å². The SMILES string of the molecule is N=C(SC(=N)c1cccnc1)c1cccnc1. The summed E-state index contributed by atoms with van der Waals surface area (Å²) >= 11 is 1.09. The van der Waals surface area contributed by atoms with Gasteiger partial charge in [0, 0.05) is 35.9 Å². The van der Waals surface area contributed by atoms with Crippen LogP contribution in [0.15, 0.2) is 49.1 Å². The number of aromatic nitrogens is 2. The molecule has 84 valence electrons. The van der Waals surface area contributed by atoms with E-state index in [1.54, 1.807) is 49.1 Å². The highest BCUT2D eigenvalue weighted by Gasteiger charge is 2.08. The van der Waals surface area contributed by atoms with Gasteiger partial charge in [-0.3, -0.25) is 20.8 Å². The van der Waals surface area contributed by atoms with Gasteiger partial charge in [0.15, 0.2) is 0 Å². The fourth-order valence-corrected chi connectivity index (χ4v) is 1.90. The Balaban J connectivity index is 2.08. The van der Waals surface area contributed by atoms with Crippen LogP contribution in [-0.4, -0.2) is 20.1 Å². The molecule has 0 spiro atoms. The van der Waals surface area contributed by atoms with Crippen LogP contribution in [0.4, 0.5) is 0 Å². The second-order valence-corrected chi connectivity index (χ2v) is 4.26. The summed E-state index contributed by atoms with van der Waals surface area (Å²) in [5.74, 6) is 0. The molecule has 5 heteroatoms. The van der Waals surface area contributed by atoms with E-state index in [4.69, 9.17) is 10.8 Å². The van der Waals surface area contributed by atoms with E-state index in [-0.39, 0.29) is 0 Å². The lowest BCUT2D eigenvalue weighted by Gasteiger charge is -2.04. The van der Waals surface area contributed by atoms with Crippen LogP contribution >= 0.6 is 11.8 Å². The molecule has 0 unspecified atom stereocenters. The summed E-state index contributed by atoms with van der Waals surface area (Å²) in [4.78, 5) is 7.90. The Kier molecular flexibility index (Phi) is 3.62. The number of thioether (sulfide) groups is 1. The highest BCUT2D eigenvalue weighted by atomic mass is 32.2. The third-order valence-electron chi connectivity index (χ3n) is 2.05. The van der Waals surface area contributed by atoms with E-state index < -0.39 is 0 Å². The minimum absolute atomic E-state index is 0.312. The van der Waals surface area contributed by atoms with Crippen molar-refractivity contribution in [3.63, 3.8) is 0 Å². The summed E-state index contributed by atoms with van der Waals surface area (Å²) in [5.41, 5.74) is 1.43. The van der Waals surface area contributed by atoms with Crippen LogP contribution < -0.4 is 0 Å². The molecule has 17 heavy (non-hydrogen) atoms. The smallest absolute Gasteiger partial charge is 0.102 e. The van der Waals surface area contributed by atoms with Crippen LogP contribution in [-0.2, 0) is 0 Å². The average Bonchev–Trinajstić information content (AvgIpc) is 2.40. The molecule has 0 bridgehead atoms. The lowest BCUT2D eigenvalue weighted by molar-refractivity contribution is 1.31. The molecule has 2 N–H and O–H groups in total. The maximum Gasteiger partial charge on any atom is 0.102 e. The van der Waals surface area contributed by atoms with Crippen LogP contribution in [0, 0.1) is 10.8 Å². The quantitative estimate of drug-likeness (QED) is 0.628. The first-order chi connectivity index (χ1) is 8.27. The van der Waals surface area contributed by atoms with Gasteiger partial charge in [0.05, 0.1) is 0 Å². The summed E-state index contributed by atoms with van der Waals surface area (Å²) in [6.45, 7) is 0. The summed E-state index contributed by atoms with van der Waals surface area (Å²) in [6, 6.07) is 7.16. The predicted octanol–water partition coefficient (Wildman–Crippen LogP) is 2.56. The van der Waals surface area contributed by atoms with Crippen LogP contribution in [0.1, 0.15) is 11.1 Å². The molecule has 0 amide bonds. The monoisotopic (exact) mass is 242 g/mol. The number of rotatable bonds is 2. The number of nitrogens with one attached hydrogen (secondary N) is 2. The normalized spacial score (nSPS) is 9.88. The van der Waals surface area contributed by atoms with E-state index in [0.29, 0.717) is 21.2 Å². The summed E-state index contributed by atoms with van der Waals surface area (Å²) in [7, 11) is 0. The van der Waals surface area contributed by atoms with Gasteiger partial charge in [0.25, 0.3) is 0 Å². The summed E-state index contributed by atoms with van der Waals surface area (Å²) < 4.78 is 0. The minimum atomic E-state index is 0.312. The Morgan fingerprint density at radius 1 is 0.882 bits per heavy atom. The van der Waals surface area contributed by atoms with Crippen molar-refractivity contribution >= 4 is 21.8 Å². The maximum atomic E-state index is 7.87. The number of hydrogen-bond acceptors (Lipinski definition) is 5. The van der Waals surface area contributed by atoms with Gasteiger partial charge in [-0.25, -0.2) is 0 Å². The number of nitrogens with zero attached hydrogens (tertiary/aromatic N) is 2. The first-order valence-corrected chi connectivity index (χ1v) is 5.75. The van der Waals surface area contributed by atoms with Gasteiger partial charge < -0.3 is 0 Å². The lowest BCUT2D eigenvalue weighted by Crippen LogP contribution is -2.01. The fourth-order valence-electron chi connectivity index (χ4n) is 1.21. The number of hydrogen-bond donors (Lipinski definition) is 2. The van der Waals surface area contributed by atoms with Crippen molar-refractivity contribution in [3.05, 3.63) is 60.2 Å². The molecule has 0 atom stereocenters. The molecule has 0 aromatic carbocycles. The van der Waals surface area contributed by atoms with Crippen molar-refractivity contribution < 1.29 is 0 Å². The molecule has 0 aliphatic carbocycles. The molecule has 4 nitrogen and oxygen atoms in total. The molecular weight excluding hydrogens is 232 g/mol. The van der Waals surface area contributed by atoms with Crippen molar-refractivity contribution in [3.8, 4) is 0 Å². The standard InChI is InChI=1S/C12H10N4S/c13-11(9-3-1-5-15-7-9)17-12(14)10-4-2-6-16-8-10/h1-8,13-14H. The van der Waals surface area contributed by atoms with Gasteiger partial charge >= 0.3 is 0 Å². The second-order valence-electron chi connectivity index (χ2n) is 3.24. The van der Waals surface area contributed by atoms with E-state index >= 15 is 0 Å². The molecule has 2 aromatic rings. The van der Waals surface area contributed by atoms with Gasteiger partial charge in [0.1, 0.15) is 10.1 Å². The van der Waals surface area contributed by atoms with E-state index in [2.05, 4.69) is 9.97 Å². The Morgan fingerprint density at radius 3 is 1.71 bits per heavy atom. The van der Waals surface area contributed by atoms with E-state index in [9.17, 15) is 0 Å². The second kappa shape index (κ2) is 5.36. The topological polar surface area (TPSA) is 73.5 Å². The third kappa shape index (κ3) is 2.98. The molecule has 0 saturated heterocycles. The first kappa shape index (κ1) is 11.5. The van der Waals surface area contributed by atoms with Crippen molar-refractivity contribution in [2.75, 3.05) is 0 Å². The van der Waals surface area contributed by atoms with Crippen molar-refractivity contribution in [1.82, 2.24) is 9.97 Å². The molecule has 0 radical (unpaired) electrons. The Morgan fingerprint density at radius 2 is 1.35 bits per heavy atom. The molecule has 0 aliphatic rings. The molecule has 0 fully saturated rings. The largest absolute Gasteiger partial charge is 0.293 e. The molecular formula is C12H10N4S. The predicted molar refractivity (Wildman–Crippen MR) is 69.7 cm³/mol. The highest BCUT2D eigenvalue weighted by Crippen LogP contribution is 2.16. The first-order valence-electron chi connectivity index (χ1n) is 4.93. The van der Waals surface area contributed by atoms with Crippen LogP contribution in [0.3, 0.4) is 0 Å². The zero-order valence-corrected chi connectivity index (χ0v) is 9.74. The average molecular weight is 242 g/mol. The highest BCUT2D eigenvalue weighted by molar-refractivity contribution is 8.27. The van der Waals surface area contributed by atoms with Gasteiger partial charge in [0.2, 0.25) is 0 Å². The molecule has 0 aliphatic heterocycles. The Labute approximate surface area is 103 Å². The van der Waals surface area contributed by atoms with E-state index in [0.717, 1.165) is 11.8 Å². The van der Waals surface area contributed by atoms with E-state index in [1.165, 1.54) is 0 Å².